The van der Waals surface area contributed by atoms with E-state index in [4.69, 9.17) is 4.98 Å². The van der Waals surface area contributed by atoms with E-state index in [1.165, 1.54) is 30.3 Å². The zero-order valence-corrected chi connectivity index (χ0v) is 19.9. The topological polar surface area (TPSA) is 92.5 Å². The number of aromatic nitrogens is 2. The minimum absolute atomic E-state index is 0.0992. The molecule has 0 atom stereocenters. The summed E-state index contributed by atoms with van der Waals surface area (Å²) in [6, 6.07) is 12.4. The van der Waals surface area contributed by atoms with E-state index in [0.29, 0.717) is 44.0 Å². The molecule has 2 aromatic carbocycles. The summed E-state index contributed by atoms with van der Waals surface area (Å²) in [6.07, 6.45) is 1.97. The third-order valence-corrected chi connectivity index (χ3v) is 6.17. The van der Waals surface area contributed by atoms with Gasteiger partial charge in [0.2, 0.25) is 0 Å². The Hall–Kier alpha value is -3.88. The van der Waals surface area contributed by atoms with Gasteiger partial charge in [-0.25, -0.2) is 14.4 Å². The molecule has 182 valence electrons. The summed E-state index contributed by atoms with van der Waals surface area (Å²) in [7, 11) is 0. The van der Waals surface area contributed by atoms with Crippen molar-refractivity contribution in [2.24, 2.45) is 0 Å². The molecule has 0 bridgehead atoms. The Balaban J connectivity index is 1.58. The van der Waals surface area contributed by atoms with Gasteiger partial charge in [-0.3, -0.25) is 14.9 Å². The molecule has 0 saturated carbocycles. The second kappa shape index (κ2) is 10.6. The van der Waals surface area contributed by atoms with Gasteiger partial charge in [-0.15, -0.1) is 0 Å². The summed E-state index contributed by atoms with van der Waals surface area (Å²) >= 11 is 0. The predicted octanol–water partition coefficient (Wildman–Crippen LogP) is 4.34. The molecule has 1 fully saturated rings. The van der Waals surface area contributed by atoms with Crippen LogP contribution in [0.1, 0.15) is 46.3 Å². The first kappa shape index (κ1) is 24.3. The number of non-ortho nitro benzene ring substituents is 1. The second-order valence-electron chi connectivity index (χ2n) is 8.62. The Morgan fingerprint density at radius 3 is 2.63 bits per heavy atom. The highest BCUT2D eigenvalue weighted by Gasteiger charge is 2.25. The molecule has 4 rings (SSSR count). The lowest BCUT2D eigenvalue weighted by Gasteiger charge is -2.26. The number of hydrogen-bond acceptors (Lipinski definition) is 6. The van der Waals surface area contributed by atoms with Crippen molar-refractivity contribution >= 4 is 17.4 Å². The average Bonchev–Trinajstić information content (AvgIpc) is 3.11. The van der Waals surface area contributed by atoms with E-state index >= 15 is 0 Å². The van der Waals surface area contributed by atoms with Crippen LogP contribution in [0.25, 0.3) is 0 Å². The Morgan fingerprint density at radius 2 is 1.89 bits per heavy atom. The number of anilines is 1. The van der Waals surface area contributed by atoms with E-state index in [2.05, 4.69) is 9.88 Å². The maximum Gasteiger partial charge on any atom is 0.270 e. The number of benzene rings is 2. The third kappa shape index (κ3) is 5.62. The maximum absolute atomic E-state index is 13.8. The van der Waals surface area contributed by atoms with Crippen LogP contribution in [-0.4, -0.2) is 51.9 Å². The molecule has 3 aromatic rings. The Labute approximate surface area is 203 Å². The van der Waals surface area contributed by atoms with Crippen LogP contribution in [0.5, 0.6) is 0 Å². The van der Waals surface area contributed by atoms with E-state index in [-0.39, 0.29) is 17.4 Å². The standard InChI is InChI=1S/C26H28FN5O3/c1-3-24-23(16-19-7-4-9-21(27)15-19)25(29-18(2)28-24)30-11-6-12-31(14-13-30)26(33)20-8-5-10-22(17-20)32(34)35/h4-5,7-10,15,17H,3,6,11-14,16H2,1-2H3. The molecule has 0 aliphatic carbocycles. The maximum atomic E-state index is 13.8. The van der Waals surface area contributed by atoms with Crippen molar-refractivity contribution in [1.82, 2.24) is 14.9 Å². The molecule has 0 radical (unpaired) electrons. The zero-order chi connectivity index (χ0) is 24.9. The lowest BCUT2D eigenvalue weighted by Crippen LogP contribution is -2.35. The fourth-order valence-electron chi connectivity index (χ4n) is 4.49. The van der Waals surface area contributed by atoms with E-state index in [9.17, 15) is 19.3 Å². The van der Waals surface area contributed by atoms with E-state index in [1.807, 2.05) is 19.9 Å². The van der Waals surface area contributed by atoms with Gasteiger partial charge in [-0.1, -0.05) is 25.1 Å². The average molecular weight is 478 g/mol. The van der Waals surface area contributed by atoms with E-state index < -0.39 is 4.92 Å². The molecule has 1 aliphatic rings. The first-order chi connectivity index (χ1) is 16.9. The summed E-state index contributed by atoms with van der Waals surface area (Å²) in [6.45, 7) is 6.19. The summed E-state index contributed by atoms with van der Waals surface area (Å²) in [5, 5.41) is 11.1. The van der Waals surface area contributed by atoms with Crippen molar-refractivity contribution in [2.45, 2.75) is 33.1 Å². The fourth-order valence-corrected chi connectivity index (χ4v) is 4.49. The van der Waals surface area contributed by atoms with E-state index in [1.54, 1.807) is 17.0 Å². The monoisotopic (exact) mass is 477 g/mol. The summed E-state index contributed by atoms with van der Waals surface area (Å²) in [5.41, 5.74) is 2.97. The van der Waals surface area contributed by atoms with Gasteiger partial charge in [-0.2, -0.15) is 0 Å². The molecule has 1 aromatic heterocycles. The molecule has 9 heteroatoms. The number of aryl methyl sites for hydroxylation is 2. The SMILES string of the molecule is CCc1nc(C)nc(N2CCCN(C(=O)c3cccc([N+](=O)[O-])c3)CC2)c1Cc1cccc(F)c1. The van der Waals surface area contributed by atoms with Crippen LogP contribution in [0.3, 0.4) is 0 Å². The van der Waals surface area contributed by atoms with Gasteiger partial charge in [-0.05, 0) is 43.5 Å². The molecule has 1 aliphatic heterocycles. The van der Waals surface area contributed by atoms with E-state index in [0.717, 1.165) is 35.5 Å². The highest BCUT2D eigenvalue weighted by molar-refractivity contribution is 5.94. The van der Waals surface area contributed by atoms with Crippen LogP contribution in [0, 0.1) is 22.9 Å². The number of carbonyl (C=O) groups is 1. The molecule has 1 amide bonds. The van der Waals surface area contributed by atoms with Gasteiger partial charge in [0, 0.05) is 61.6 Å². The first-order valence-electron chi connectivity index (χ1n) is 11.7. The summed E-state index contributed by atoms with van der Waals surface area (Å²) in [5.74, 6) is 1.00. The number of rotatable bonds is 6. The van der Waals surface area contributed by atoms with Crippen molar-refractivity contribution in [1.29, 1.82) is 0 Å². The van der Waals surface area contributed by atoms with Gasteiger partial charge in [0.25, 0.3) is 11.6 Å². The number of nitrogens with zero attached hydrogens (tertiary/aromatic N) is 5. The third-order valence-electron chi connectivity index (χ3n) is 6.17. The lowest BCUT2D eigenvalue weighted by molar-refractivity contribution is -0.384. The van der Waals surface area contributed by atoms with Gasteiger partial charge in [0.1, 0.15) is 17.5 Å². The number of carbonyl (C=O) groups excluding carboxylic acids is 1. The van der Waals surface area contributed by atoms with Gasteiger partial charge < -0.3 is 9.80 Å². The largest absolute Gasteiger partial charge is 0.354 e. The lowest BCUT2D eigenvalue weighted by atomic mass is 10.0. The number of nitro groups is 1. The normalized spacial score (nSPS) is 14.0. The van der Waals surface area contributed by atoms with Crippen LogP contribution in [0.2, 0.25) is 0 Å². The number of hydrogen-bond donors (Lipinski definition) is 0. The molecule has 0 unspecified atom stereocenters. The van der Waals surface area contributed by atoms with Crippen molar-refractivity contribution in [3.05, 3.63) is 92.7 Å². The highest BCUT2D eigenvalue weighted by Crippen LogP contribution is 2.26. The summed E-state index contributed by atoms with van der Waals surface area (Å²) < 4.78 is 13.8. The molecule has 0 N–H and O–H groups in total. The quantitative estimate of drug-likeness (QED) is 0.387. The first-order valence-corrected chi connectivity index (χ1v) is 11.7. The smallest absolute Gasteiger partial charge is 0.270 e. The Morgan fingerprint density at radius 1 is 1.09 bits per heavy atom. The van der Waals surface area contributed by atoms with Gasteiger partial charge in [0.05, 0.1) is 4.92 Å². The van der Waals surface area contributed by atoms with Crippen LogP contribution < -0.4 is 4.90 Å². The fraction of sp³-hybridized carbons (Fsp3) is 0.346. The molecule has 1 saturated heterocycles. The van der Waals surface area contributed by atoms with Crippen molar-refractivity contribution < 1.29 is 14.1 Å². The second-order valence-corrected chi connectivity index (χ2v) is 8.62. The van der Waals surface area contributed by atoms with Crippen LogP contribution in [0.15, 0.2) is 48.5 Å². The minimum atomic E-state index is -0.496. The van der Waals surface area contributed by atoms with Crippen LogP contribution >= 0.6 is 0 Å². The summed E-state index contributed by atoms with van der Waals surface area (Å²) in [4.78, 5) is 37.0. The number of amides is 1. The van der Waals surface area contributed by atoms with Crippen LogP contribution in [-0.2, 0) is 12.8 Å². The molecular weight excluding hydrogens is 449 g/mol. The van der Waals surface area contributed by atoms with Gasteiger partial charge >= 0.3 is 0 Å². The Bertz CT molecular complexity index is 1250. The molecule has 0 spiro atoms. The highest BCUT2D eigenvalue weighted by atomic mass is 19.1. The predicted molar refractivity (Wildman–Crippen MR) is 131 cm³/mol. The number of halogens is 1. The van der Waals surface area contributed by atoms with Crippen molar-refractivity contribution in [3.8, 4) is 0 Å². The Kier molecular flexibility index (Phi) is 7.33. The molecular formula is C26H28FN5O3. The molecule has 35 heavy (non-hydrogen) atoms. The van der Waals surface area contributed by atoms with Crippen molar-refractivity contribution in [3.63, 3.8) is 0 Å². The zero-order valence-electron chi connectivity index (χ0n) is 19.9. The van der Waals surface area contributed by atoms with Crippen molar-refractivity contribution in [2.75, 3.05) is 31.1 Å². The minimum Gasteiger partial charge on any atom is -0.354 e. The molecule has 2 heterocycles. The van der Waals surface area contributed by atoms with Crippen LogP contribution in [0.4, 0.5) is 15.9 Å². The molecule has 8 nitrogen and oxygen atoms in total. The number of nitro benzene ring substituents is 1. The van der Waals surface area contributed by atoms with Gasteiger partial charge in [0.15, 0.2) is 0 Å².